The van der Waals surface area contributed by atoms with E-state index in [-0.39, 0.29) is 11.6 Å². The van der Waals surface area contributed by atoms with Crippen LogP contribution in [0.1, 0.15) is 12.0 Å². The van der Waals surface area contributed by atoms with Crippen LogP contribution in [0.2, 0.25) is 0 Å². The minimum atomic E-state index is -0.316. The normalized spacial score (nSPS) is 17.6. The van der Waals surface area contributed by atoms with Crippen LogP contribution in [0.4, 0.5) is 4.39 Å². The van der Waals surface area contributed by atoms with E-state index >= 15 is 0 Å². The maximum atomic E-state index is 13.5. The minimum Gasteiger partial charge on any atom is -0.494 e. The molecule has 19 heavy (non-hydrogen) atoms. The van der Waals surface area contributed by atoms with Crippen molar-refractivity contribution in [2.24, 2.45) is 0 Å². The fourth-order valence-corrected chi connectivity index (χ4v) is 2.21. The first kappa shape index (κ1) is 14.0. The monoisotopic (exact) mass is 264 g/mol. The van der Waals surface area contributed by atoms with Crippen LogP contribution >= 0.6 is 0 Å². The summed E-state index contributed by atoms with van der Waals surface area (Å²) < 4.78 is 18.4. The molecule has 1 saturated heterocycles. The number of ether oxygens (including phenoxy) is 1. The Morgan fingerprint density at radius 3 is 3.05 bits per heavy atom. The zero-order valence-corrected chi connectivity index (χ0v) is 11.4. The van der Waals surface area contributed by atoms with Crippen molar-refractivity contribution in [1.29, 1.82) is 0 Å². The molecule has 1 aromatic rings. The first-order valence-corrected chi connectivity index (χ1v) is 6.73. The van der Waals surface area contributed by atoms with Gasteiger partial charge < -0.3 is 10.1 Å². The molecule has 0 saturated carbocycles. The van der Waals surface area contributed by atoms with Gasteiger partial charge in [-0.05, 0) is 37.2 Å². The van der Waals surface area contributed by atoms with Crippen LogP contribution in [-0.2, 0) is 0 Å². The first-order chi connectivity index (χ1) is 9.29. The number of rotatable bonds is 4. The van der Waals surface area contributed by atoms with Crippen LogP contribution in [0.25, 0.3) is 6.08 Å². The highest BCUT2D eigenvalue weighted by atomic mass is 19.1. The Morgan fingerprint density at radius 2 is 2.26 bits per heavy atom. The molecule has 1 fully saturated rings. The second-order valence-corrected chi connectivity index (χ2v) is 4.70. The van der Waals surface area contributed by atoms with Crippen molar-refractivity contribution >= 4 is 6.08 Å². The summed E-state index contributed by atoms with van der Waals surface area (Å²) in [7, 11) is 1.47. The first-order valence-electron chi connectivity index (χ1n) is 6.73. The fraction of sp³-hybridized carbons (Fsp3) is 0.467. The average Bonchev–Trinajstić information content (AvgIpc) is 2.68. The quantitative estimate of drug-likeness (QED) is 0.901. The molecule has 0 radical (unpaired) electrons. The summed E-state index contributed by atoms with van der Waals surface area (Å²) in [6.45, 7) is 5.25. The topological polar surface area (TPSA) is 24.5 Å². The summed E-state index contributed by atoms with van der Waals surface area (Å²) in [6, 6.07) is 5.02. The van der Waals surface area contributed by atoms with Gasteiger partial charge in [0, 0.05) is 19.6 Å². The lowest BCUT2D eigenvalue weighted by Crippen LogP contribution is -2.28. The van der Waals surface area contributed by atoms with Gasteiger partial charge in [-0.15, -0.1) is 0 Å². The maximum Gasteiger partial charge on any atom is 0.165 e. The van der Waals surface area contributed by atoms with Crippen LogP contribution in [0.5, 0.6) is 5.75 Å². The van der Waals surface area contributed by atoms with Crippen molar-refractivity contribution in [2.45, 2.75) is 6.42 Å². The Balaban J connectivity index is 1.89. The van der Waals surface area contributed by atoms with E-state index in [2.05, 4.69) is 16.3 Å². The molecule has 1 heterocycles. The van der Waals surface area contributed by atoms with Crippen molar-refractivity contribution in [1.82, 2.24) is 10.2 Å². The highest BCUT2D eigenvalue weighted by Crippen LogP contribution is 2.18. The molecule has 0 spiro atoms. The van der Waals surface area contributed by atoms with Gasteiger partial charge in [-0.3, -0.25) is 4.90 Å². The van der Waals surface area contributed by atoms with E-state index < -0.39 is 0 Å². The molecule has 0 aromatic heterocycles. The van der Waals surface area contributed by atoms with Crippen LogP contribution in [0, 0.1) is 5.82 Å². The molecular weight excluding hydrogens is 243 g/mol. The molecule has 4 heteroatoms. The average molecular weight is 264 g/mol. The number of hydrogen-bond acceptors (Lipinski definition) is 3. The van der Waals surface area contributed by atoms with Gasteiger partial charge in [-0.1, -0.05) is 18.2 Å². The Labute approximate surface area is 114 Å². The zero-order valence-electron chi connectivity index (χ0n) is 11.4. The smallest absolute Gasteiger partial charge is 0.165 e. The Kier molecular flexibility index (Phi) is 5.36. The van der Waals surface area contributed by atoms with Gasteiger partial charge in [0.05, 0.1) is 7.11 Å². The highest BCUT2D eigenvalue weighted by Gasteiger charge is 2.06. The van der Waals surface area contributed by atoms with Gasteiger partial charge >= 0.3 is 0 Å². The van der Waals surface area contributed by atoms with E-state index in [1.165, 1.54) is 19.6 Å². The lowest BCUT2D eigenvalue weighted by molar-refractivity contribution is 0.324. The maximum absolute atomic E-state index is 13.5. The molecule has 0 unspecified atom stereocenters. The summed E-state index contributed by atoms with van der Waals surface area (Å²) in [5.74, 6) is -0.0284. The van der Waals surface area contributed by atoms with Crippen LogP contribution < -0.4 is 10.1 Å². The van der Waals surface area contributed by atoms with Gasteiger partial charge in [0.15, 0.2) is 11.6 Å². The summed E-state index contributed by atoms with van der Waals surface area (Å²) in [6.07, 6.45) is 5.23. The molecule has 0 bridgehead atoms. The van der Waals surface area contributed by atoms with Crippen molar-refractivity contribution in [3.8, 4) is 5.75 Å². The largest absolute Gasteiger partial charge is 0.494 e. The highest BCUT2D eigenvalue weighted by molar-refractivity contribution is 5.51. The Bertz CT molecular complexity index is 426. The molecule has 1 aliphatic rings. The number of halogens is 1. The molecule has 0 aliphatic carbocycles. The number of nitrogens with one attached hydrogen (secondary N) is 1. The van der Waals surface area contributed by atoms with E-state index in [1.807, 2.05) is 12.1 Å². The molecule has 0 atom stereocenters. The molecule has 3 nitrogen and oxygen atoms in total. The van der Waals surface area contributed by atoms with Crippen molar-refractivity contribution in [3.05, 3.63) is 35.7 Å². The Hall–Kier alpha value is -1.39. The third kappa shape index (κ3) is 4.33. The van der Waals surface area contributed by atoms with Crippen molar-refractivity contribution in [3.63, 3.8) is 0 Å². The third-order valence-electron chi connectivity index (χ3n) is 3.28. The number of nitrogens with zero attached hydrogens (tertiary/aromatic N) is 1. The molecule has 104 valence electrons. The van der Waals surface area contributed by atoms with Gasteiger partial charge in [-0.25, -0.2) is 4.39 Å². The van der Waals surface area contributed by atoms with Gasteiger partial charge in [0.2, 0.25) is 0 Å². The van der Waals surface area contributed by atoms with E-state index in [0.717, 1.165) is 38.3 Å². The number of methoxy groups -OCH3 is 1. The molecule has 1 aromatic carbocycles. The van der Waals surface area contributed by atoms with E-state index in [1.54, 1.807) is 6.07 Å². The fourth-order valence-electron chi connectivity index (χ4n) is 2.21. The predicted molar refractivity (Wildman–Crippen MR) is 75.9 cm³/mol. The van der Waals surface area contributed by atoms with Crippen LogP contribution in [0.15, 0.2) is 24.3 Å². The molecule has 0 amide bonds. The van der Waals surface area contributed by atoms with E-state index in [0.29, 0.717) is 0 Å². The lowest BCUT2D eigenvalue weighted by atomic mass is 10.2. The second-order valence-electron chi connectivity index (χ2n) is 4.70. The van der Waals surface area contributed by atoms with Crippen molar-refractivity contribution < 1.29 is 9.13 Å². The molecule has 1 N–H and O–H groups in total. The lowest BCUT2D eigenvalue weighted by Gasteiger charge is -2.16. The summed E-state index contributed by atoms with van der Waals surface area (Å²) in [5, 5.41) is 3.38. The van der Waals surface area contributed by atoms with Gasteiger partial charge in [0.1, 0.15) is 0 Å². The summed E-state index contributed by atoms with van der Waals surface area (Å²) in [5.41, 5.74) is 0.867. The van der Waals surface area contributed by atoms with Crippen LogP contribution in [0.3, 0.4) is 0 Å². The van der Waals surface area contributed by atoms with Gasteiger partial charge in [0.25, 0.3) is 0 Å². The summed E-state index contributed by atoms with van der Waals surface area (Å²) in [4.78, 5) is 2.40. The zero-order chi connectivity index (χ0) is 13.5. The van der Waals surface area contributed by atoms with E-state index in [9.17, 15) is 4.39 Å². The standard InChI is InChI=1S/C15H21FN2O/c1-19-15-6-5-13(12-14(15)16)4-2-9-18-10-3-7-17-8-11-18/h2,4-6,12,17H,3,7-11H2,1H3/b4-2+. The molecule has 1 aliphatic heterocycles. The second kappa shape index (κ2) is 7.26. The van der Waals surface area contributed by atoms with Crippen LogP contribution in [-0.4, -0.2) is 44.7 Å². The molecule has 2 rings (SSSR count). The third-order valence-corrected chi connectivity index (χ3v) is 3.28. The van der Waals surface area contributed by atoms with Crippen molar-refractivity contribution in [2.75, 3.05) is 39.8 Å². The number of hydrogen-bond donors (Lipinski definition) is 1. The number of benzene rings is 1. The predicted octanol–water partition coefficient (Wildman–Crippen LogP) is 2.14. The molecular formula is C15H21FN2O. The SMILES string of the molecule is COc1ccc(/C=C/CN2CCCNCC2)cc1F. The Morgan fingerprint density at radius 1 is 1.37 bits per heavy atom. The summed E-state index contributed by atoms with van der Waals surface area (Å²) >= 11 is 0. The van der Waals surface area contributed by atoms with Gasteiger partial charge in [-0.2, -0.15) is 0 Å². The minimum absolute atomic E-state index is 0.288. The van der Waals surface area contributed by atoms with E-state index in [4.69, 9.17) is 4.74 Å².